The van der Waals surface area contributed by atoms with Crippen LogP contribution < -0.4 is 0 Å². The van der Waals surface area contributed by atoms with E-state index in [4.69, 9.17) is 4.52 Å². The molecule has 19 heavy (non-hydrogen) atoms. The highest BCUT2D eigenvalue weighted by Crippen LogP contribution is 2.37. The lowest BCUT2D eigenvalue weighted by molar-refractivity contribution is -0.118. The molecule has 1 aliphatic rings. The zero-order chi connectivity index (χ0) is 14.0. The Bertz CT molecular complexity index is 431. The Kier molecular flexibility index (Phi) is 4.38. The standard InChI is InChI=1S/C15H24N2O2/c1-9(2)12-5-7-13(8-6-12)14-16-15(19-17-14)10(3)11(4)18/h9-10,12-13H,5-8H2,1-4H3. The van der Waals surface area contributed by atoms with E-state index in [1.807, 2.05) is 6.92 Å². The maximum absolute atomic E-state index is 11.3. The number of hydrogen-bond donors (Lipinski definition) is 0. The van der Waals surface area contributed by atoms with Crippen LogP contribution in [-0.4, -0.2) is 15.9 Å². The van der Waals surface area contributed by atoms with Gasteiger partial charge in [-0.05, 0) is 51.4 Å². The summed E-state index contributed by atoms with van der Waals surface area (Å²) in [5, 5.41) is 4.07. The third-order valence-electron chi connectivity index (χ3n) is 4.52. The van der Waals surface area contributed by atoms with E-state index in [9.17, 15) is 4.79 Å². The molecule has 1 heterocycles. The highest BCUT2D eigenvalue weighted by atomic mass is 16.5. The van der Waals surface area contributed by atoms with Crippen LogP contribution in [0.2, 0.25) is 0 Å². The fourth-order valence-corrected chi connectivity index (χ4v) is 2.81. The second-order valence-corrected chi connectivity index (χ2v) is 6.18. The summed E-state index contributed by atoms with van der Waals surface area (Å²) in [6.07, 6.45) is 4.76. The Morgan fingerprint density at radius 3 is 2.37 bits per heavy atom. The first-order valence-corrected chi connectivity index (χ1v) is 7.33. The van der Waals surface area contributed by atoms with E-state index in [2.05, 4.69) is 24.0 Å². The number of ketones is 1. The van der Waals surface area contributed by atoms with E-state index in [0.717, 1.165) is 30.5 Å². The lowest BCUT2D eigenvalue weighted by atomic mass is 9.77. The van der Waals surface area contributed by atoms with Crippen molar-refractivity contribution in [2.75, 3.05) is 0 Å². The lowest BCUT2D eigenvalue weighted by Crippen LogP contribution is -2.18. The summed E-state index contributed by atoms with van der Waals surface area (Å²) < 4.78 is 5.23. The van der Waals surface area contributed by atoms with Crippen LogP contribution in [0, 0.1) is 11.8 Å². The lowest BCUT2D eigenvalue weighted by Gasteiger charge is -2.29. The van der Waals surface area contributed by atoms with Gasteiger partial charge in [-0.1, -0.05) is 19.0 Å². The zero-order valence-electron chi connectivity index (χ0n) is 12.3. The molecule has 1 atom stereocenters. The molecule has 1 aromatic rings. The Morgan fingerprint density at radius 1 is 1.21 bits per heavy atom. The van der Waals surface area contributed by atoms with Crippen LogP contribution in [0.1, 0.15) is 76.9 Å². The van der Waals surface area contributed by atoms with E-state index in [1.165, 1.54) is 12.8 Å². The molecule has 0 radical (unpaired) electrons. The summed E-state index contributed by atoms with van der Waals surface area (Å²) in [5.41, 5.74) is 0. The van der Waals surface area contributed by atoms with Gasteiger partial charge >= 0.3 is 0 Å². The van der Waals surface area contributed by atoms with Gasteiger partial charge in [0.15, 0.2) is 5.82 Å². The van der Waals surface area contributed by atoms with Crippen LogP contribution >= 0.6 is 0 Å². The van der Waals surface area contributed by atoms with Crippen molar-refractivity contribution in [2.45, 2.75) is 65.2 Å². The van der Waals surface area contributed by atoms with Gasteiger partial charge in [-0.2, -0.15) is 4.98 Å². The third-order valence-corrected chi connectivity index (χ3v) is 4.52. The molecule has 106 valence electrons. The third kappa shape index (κ3) is 3.23. The summed E-state index contributed by atoms with van der Waals surface area (Å²) in [4.78, 5) is 15.7. The van der Waals surface area contributed by atoms with Gasteiger partial charge in [0.25, 0.3) is 0 Å². The zero-order valence-corrected chi connectivity index (χ0v) is 12.3. The van der Waals surface area contributed by atoms with Crippen LogP contribution in [0.4, 0.5) is 0 Å². The van der Waals surface area contributed by atoms with Crippen molar-refractivity contribution in [1.82, 2.24) is 10.1 Å². The number of Topliss-reactive ketones (excluding diaryl/α,β-unsaturated/α-hetero) is 1. The van der Waals surface area contributed by atoms with Crippen LogP contribution in [0.3, 0.4) is 0 Å². The molecule has 1 saturated carbocycles. The smallest absolute Gasteiger partial charge is 0.236 e. The van der Waals surface area contributed by atoms with E-state index in [1.54, 1.807) is 6.92 Å². The molecule has 0 bridgehead atoms. The van der Waals surface area contributed by atoms with Crippen molar-refractivity contribution in [1.29, 1.82) is 0 Å². The van der Waals surface area contributed by atoms with Crippen LogP contribution in [0.5, 0.6) is 0 Å². The minimum Gasteiger partial charge on any atom is -0.339 e. The number of hydrogen-bond acceptors (Lipinski definition) is 4. The molecule has 2 rings (SSSR count). The van der Waals surface area contributed by atoms with Crippen LogP contribution in [0.15, 0.2) is 4.52 Å². The molecule has 1 aromatic heterocycles. The van der Waals surface area contributed by atoms with Gasteiger partial charge < -0.3 is 4.52 Å². The minimum atomic E-state index is -0.284. The molecule has 1 aliphatic carbocycles. The molecule has 0 saturated heterocycles. The van der Waals surface area contributed by atoms with E-state index < -0.39 is 0 Å². The van der Waals surface area contributed by atoms with Crippen molar-refractivity contribution in [3.05, 3.63) is 11.7 Å². The number of carbonyl (C=O) groups excluding carboxylic acids is 1. The number of aromatic nitrogens is 2. The largest absolute Gasteiger partial charge is 0.339 e. The summed E-state index contributed by atoms with van der Waals surface area (Å²) in [5.74, 6) is 3.05. The van der Waals surface area contributed by atoms with Crippen molar-refractivity contribution in [3.63, 3.8) is 0 Å². The van der Waals surface area contributed by atoms with Gasteiger partial charge in [-0.25, -0.2) is 0 Å². The van der Waals surface area contributed by atoms with E-state index in [-0.39, 0.29) is 11.7 Å². The Hall–Kier alpha value is -1.19. The highest BCUT2D eigenvalue weighted by Gasteiger charge is 2.28. The average Bonchev–Trinajstić information content (AvgIpc) is 2.87. The van der Waals surface area contributed by atoms with Crippen LogP contribution in [0.25, 0.3) is 0 Å². The summed E-state index contributed by atoms with van der Waals surface area (Å²) in [7, 11) is 0. The topological polar surface area (TPSA) is 56.0 Å². The Balaban J connectivity index is 1.99. The summed E-state index contributed by atoms with van der Waals surface area (Å²) in [6, 6.07) is 0. The SMILES string of the molecule is CC(=O)C(C)c1nc(C2CCC(C(C)C)CC2)no1. The molecule has 4 nitrogen and oxygen atoms in total. The molecular weight excluding hydrogens is 240 g/mol. The van der Waals surface area contributed by atoms with Gasteiger partial charge in [-0.3, -0.25) is 4.79 Å². The average molecular weight is 264 g/mol. The molecule has 0 aromatic carbocycles. The van der Waals surface area contributed by atoms with Gasteiger partial charge in [0.2, 0.25) is 5.89 Å². The van der Waals surface area contributed by atoms with Crippen molar-refractivity contribution < 1.29 is 9.32 Å². The fourth-order valence-electron chi connectivity index (χ4n) is 2.81. The van der Waals surface area contributed by atoms with Crippen molar-refractivity contribution in [3.8, 4) is 0 Å². The van der Waals surface area contributed by atoms with Crippen molar-refractivity contribution in [2.24, 2.45) is 11.8 Å². The highest BCUT2D eigenvalue weighted by molar-refractivity contribution is 5.81. The fraction of sp³-hybridized carbons (Fsp3) is 0.800. The molecule has 0 N–H and O–H groups in total. The Morgan fingerprint density at radius 2 is 1.84 bits per heavy atom. The van der Waals surface area contributed by atoms with E-state index in [0.29, 0.717) is 11.8 Å². The summed E-state index contributed by atoms with van der Waals surface area (Å²) in [6.45, 7) is 7.97. The van der Waals surface area contributed by atoms with E-state index >= 15 is 0 Å². The normalized spacial score (nSPS) is 25.5. The molecule has 0 aliphatic heterocycles. The van der Waals surface area contributed by atoms with Crippen LogP contribution in [-0.2, 0) is 4.79 Å². The molecular formula is C15H24N2O2. The second kappa shape index (κ2) is 5.85. The van der Waals surface area contributed by atoms with Gasteiger partial charge in [0, 0.05) is 5.92 Å². The molecule has 0 amide bonds. The minimum absolute atomic E-state index is 0.0683. The first-order valence-electron chi connectivity index (χ1n) is 7.33. The van der Waals surface area contributed by atoms with Gasteiger partial charge in [0.1, 0.15) is 5.78 Å². The first kappa shape index (κ1) is 14.2. The van der Waals surface area contributed by atoms with Gasteiger partial charge in [0.05, 0.1) is 5.92 Å². The van der Waals surface area contributed by atoms with Crippen molar-refractivity contribution >= 4 is 5.78 Å². The number of nitrogens with zero attached hydrogens (tertiary/aromatic N) is 2. The molecule has 0 spiro atoms. The monoisotopic (exact) mass is 264 g/mol. The number of rotatable bonds is 4. The Labute approximate surface area is 115 Å². The summed E-state index contributed by atoms with van der Waals surface area (Å²) >= 11 is 0. The maximum atomic E-state index is 11.3. The maximum Gasteiger partial charge on any atom is 0.236 e. The first-order chi connectivity index (χ1) is 8.99. The predicted molar refractivity (Wildman–Crippen MR) is 72.9 cm³/mol. The number of carbonyl (C=O) groups is 1. The van der Waals surface area contributed by atoms with Gasteiger partial charge in [-0.15, -0.1) is 0 Å². The predicted octanol–water partition coefficient (Wildman–Crippen LogP) is 3.69. The second-order valence-electron chi connectivity index (χ2n) is 6.18. The molecule has 4 heteroatoms. The molecule has 1 unspecified atom stereocenters. The quantitative estimate of drug-likeness (QED) is 0.832. The molecule has 1 fully saturated rings.